The van der Waals surface area contributed by atoms with Crippen molar-refractivity contribution in [1.82, 2.24) is 15.1 Å². The van der Waals surface area contributed by atoms with E-state index in [9.17, 15) is 4.79 Å². The summed E-state index contributed by atoms with van der Waals surface area (Å²) >= 11 is 0. The third-order valence-electron chi connectivity index (χ3n) is 5.61. The first-order chi connectivity index (χ1) is 13.2. The maximum absolute atomic E-state index is 12.5. The van der Waals surface area contributed by atoms with E-state index in [1.807, 2.05) is 7.05 Å². The summed E-state index contributed by atoms with van der Waals surface area (Å²) < 4.78 is 5.70. The lowest BCUT2D eigenvalue weighted by Crippen LogP contribution is -2.46. The zero-order valence-corrected chi connectivity index (χ0v) is 17.1. The van der Waals surface area contributed by atoms with Gasteiger partial charge in [-0.25, -0.2) is 4.79 Å². The van der Waals surface area contributed by atoms with Crippen LogP contribution < -0.4 is 5.32 Å². The van der Waals surface area contributed by atoms with Crippen molar-refractivity contribution in [2.24, 2.45) is 0 Å². The Labute approximate surface area is 173 Å². The van der Waals surface area contributed by atoms with E-state index in [4.69, 9.17) is 4.74 Å². The highest BCUT2D eigenvalue weighted by molar-refractivity contribution is 5.85. The predicted octanol–water partition coefficient (Wildman–Crippen LogP) is 3.19. The van der Waals surface area contributed by atoms with E-state index in [2.05, 4.69) is 58.7 Å². The zero-order chi connectivity index (χ0) is 18.6. The molecule has 0 radical (unpaired) electrons. The van der Waals surface area contributed by atoms with Crippen molar-refractivity contribution in [3.63, 3.8) is 0 Å². The molecular formula is C22H28ClN3O2. The first-order valence-electron chi connectivity index (χ1n) is 9.73. The number of amides is 1. The number of hydrogen-bond acceptors (Lipinski definition) is 4. The van der Waals surface area contributed by atoms with E-state index in [0.29, 0.717) is 13.2 Å². The third-order valence-corrected chi connectivity index (χ3v) is 5.61. The molecule has 0 spiro atoms. The molecule has 150 valence electrons. The van der Waals surface area contributed by atoms with Gasteiger partial charge in [-0.05, 0) is 22.3 Å². The van der Waals surface area contributed by atoms with Crippen LogP contribution in [-0.2, 0) is 4.74 Å². The molecule has 0 bridgehead atoms. The number of fused-ring (bicyclic) bond motifs is 3. The van der Waals surface area contributed by atoms with Crippen LogP contribution in [0.3, 0.4) is 0 Å². The second-order valence-corrected chi connectivity index (χ2v) is 7.32. The van der Waals surface area contributed by atoms with Crippen LogP contribution in [-0.4, -0.2) is 68.8 Å². The Morgan fingerprint density at radius 3 is 2.25 bits per heavy atom. The lowest BCUT2D eigenvalue weighted by Gasteiger charge is -2.29. The number of halogens is 1. The molecule has 0 unspecified atom stereocenters. The van der Waals surface area contributed by atoms with Crippen LogP contribution in [0.4, 0.5) is 4.79 Å². The van der Waals surface area contributed by atoms with Gasteiger partial charge in [0.1, 0.15) is 6.61 Å². The lowest BCUT2D eigenvalue weighted by atomic mass is 9.98. The van der Waals surface area contributed by atoms with Crippen LogP contribution in [0, 0.1) is 0 Å². The highest BCUT2D eigenvalue weighted by Gasteiger charge is 2.29. The molecule has 1 aliphatic carbocycles. The van der Waals surface area contributed by atoms with Crippen LogP contribution in [0.1, 0.15) is 17.0 Å². The molecule has 28 heavy (non-hydrogen) atoms. The minimum atomic E-state index is -0.244. The van der Waals surface area contributed by atoms with Crippen LogP contribution in [0.5, 0.6) is 0 Å². The van der Waals surface area contributed by atoms with Crippen molar-refractivity contribution in [2.75, 3.05) is 52.9 Å². The normalized spacial score (nSPS) is 16.0. The van der Waals surface area contributed by atoms with Gasteiger partial charge < -0.3 is 15.0 Å². The fourth-order valence-electron chi connectivity index (χ4n) is 4.02. The minimum absolute atomic E-state index is 0. The quantitative estimate of drug-likeness (QED) is 0.835. The van der Waals surface area contributed by atoms with Crippen molar-refractivity contribution in [1.29, 1.82) is 0 Å². The van der Waals surface area contributed by atoms with E-state index in [1.165, 1.54) is 22.3 Å². The van der Waals surface area contributed by atoms with E-state index in [0.717, 1.165) is 32.7 Å². The van der Waals surface area contributed by atoms with Gasteiger partial charge in [0, 0.05) is 52.2 Å². The van der Waals surface area contributed by atoms with Gasteiger partial charge in [-0.15, -0.1) is 12.4 Å². The van der Waals surface area contributed by atoms with Crippen molar-refractivity contribution in [2.45, 2.75) is 5.92 Å². The van der Waals surface area contributed by atoms with Crippen LogP contribution in [0.15, 0.2) is 48.5 Å². The lowest BCUT2D eigenvalue weighted by molar-refractivity contribution is 0.103. The SMILES string of the molecule is CN(CCN1CCNCC1)C(=O)OCC1c2ccccc2-c2ccccc21.Cl. The maximum Gasteiger partial charge on any atom is 0.409 e. The molecule has 2 aromatic rings. The van der Waals surface area contributed by atoms with Crippen molar-refractivity contribution in [3.8, 4) is 11.1 Å². The summed E-state index contributed by atoms with van der Waals surface area (Å²) in [4.78, 5) is 16.5. The van der Waals surface area contributed by atoms with E-state index < -0.39 is 0 Å². The summed E-state index contributed by atoms with van der Waals surface area (Å²) in [6.07, 6.45) is -0.244. The summed E-state index contributed by atoms with van der Waals surface area (Å²) in [7, 11) is 1.82. The molecule has 1 amide bonds. The number of carbonyl (C=O) groups excluding carboxylic acids is 1. The second kappa shape index (κ2) is 9.41. The number of nitrogens with one attached hydrogen (secondary N) is 1. The van der Waals surface area contributed by atoms with Crippen LogP contribution in [0.25, 0.3) is 11.1 Å². The average molecular weight is 402 g/mol. The first-order valence-corrected chi connectivity index (χ1v) is 9.73. The van der Waals surface area contributed by atoms with Gasteiger partial charge in [0.05, 0.1) is 0 Å². The smallest absolute Gasteiger partial charge is 0.409 e. The second-order valence-electron chi connectivity index (χ2n) is 7.32. The number of nitrogens with zero attached hydrogens (tertiary/aromatic N) is 2. The molecule has 0 aromatic heterocycles. The molecule has 0 atom stereocenters. The first kappa shape index (κ1) is 20.6. The molecule has 4 rings (SSSR count). The molecule has 1 heterocycles. The van der Waals surface area contributed by atoms with Gasteiger partial charge in [0.15, 0.2) is 0 Å². The van der Waals surface area contributed by atoms with Crippen molar-refractivity contribution >= 4 is 18.5 Å². The Kier molecular flexibility index (Phi) is 6.94. The molecule has 6 heteroatoms. The van der Waals surface area contributed by atoms with Crippen molar-refractivity contribution < 1.29 is 9.53 Å². The van der Waals surface area contributed by atoms with Crippen LogP contribution >= 0.6 is 12.4 Å². The Hall–Kier alpha value is -2.08. The molecular weight excluding hydrogens is 374 g/mol. The summed E-state index contributed by atoms with van der Waals surface area (Å²) in [5.74, 6) is 0.114. The van der Waals surface area contributed by atoms with Gasteiger partial charge in [0.2, 0.25) is 0 Å². The Morgan fingerprint density at radius 1 is 1.07 bits per heavy atom. The largest absolute Gasteiger partial charge is 0.448 e. The van der Waals surface area contributed by atoms with E-state index >= 15 is 0 Å². The monoisotopic (exact) mass is 401 g/mol. The Morgan fingerprint density at radius 2 is 1.64 bits per heavy atom. The number of piperazine rings is 1. The van der Waals surface area contributed by atoms with Gasteiger partial charge in [0.25, 0.3) is 0 Å². The summed E-state index contributed by atoms with van der Waals surface area (Å²) in [5.41, 5.74) is 4.99. The molecule has 2 aliphatic rings. The van der Waals surface area contributed by atoms with Gasteiger partial charge >= 0.3 is 6.09 Å². The molecule has 2 aromatic carbocycles. The minimum Gasteiger partial charge on any atom is -0.448 e. The summed E-state index contributed by atoms with van der Waals surface area (Å²) in [6, 6.07) is 16.8. The average Bonchev–Trinajstić information content (AvgIpc) is 3.05. The molecule has 1 saturated heterocycles. The summed E-state index contributed by atoms with van der Waals surface area (Å²) in [6.45, 7) is 6.09. The number of hydrogen-bond donors (Lipinski definition) is 1. The highest BCUT2D eigenvalue weighted by Crippen LogP contribution is 2.44. The number of likely N-dealkylation sites (N-methyl/N-ethyl adjacent to an activating group) is 1. The molecule has 1 aliphatic heterocycles. The van der Waals surface area contributed by atoms with E-state index in [1.54, 1.807) is 4.90 Å². The number of rotatable bonds is 5. The zero-order valence-electron chi connectivity index (χ0n) is 16.3. The molecule has 0 saturated carbocycles. The van der Waals surface area contributed by atoms with Crippen molar-refractivity contribution in [3.05, 3.63) is 59.7 Å². The predicted molar refractivity (Wildman–Crippen MR) is 114 cm³/mol. The van der Waals surface area contributed by atoms with Gasteiger partial charge in [-0.2, -0.15) is 0 Å². The fraction of sp³-hybridized carbons (Fsp3) is 0.409. The highest BCUT2D eigenvalue weighted by atomic mass is 35.5. The molecule has 1 N–H and O–H groups in total. The van der Waals surface area contributed by atoms with E-state index in [-0.39, 0.29) is 24.4 Å². The van der Waals surface area contributed by atoms with Gasteiger partial charge in [-0.3, -0.25) is 4.90 Å². The fourth-order valence-corrected chi connectivity index (χ4v) is 4.02. The summed E-state index contributed by atoms with van der Waals surface area (Å²) in [5, 5.41) is 3.35. The maximum atomic E-state index is 12.5. The topological polar surface area (TPSA) is 44.8 Å². The number of carbonyl (C=O) groups is 1. The Bertz CT molecular complexity index is 762. The third kappa shape index (κ3) is 4.32. The standard InChI is InChI=1S/C22H27N3O2.ClH/c1-24(14-15-25-12-10-23-11-13-25)22(26)27-16-21-19-8-4-2-6-17(19)18-7-3-5-9-20(18)21;/h2-9,21,23H,10-16H2,1H3;1H. The number of ether oxygens (including phenoxy) is 1. The van der Waals surface area contributed by atoms with Crippen LogP contribution in [0.2, 0.25) is 0 Å². The van der Waals surface area contributed by atoms with Gasteiger partial charge in [-0.1, -0.05) is 48.5 Å². The number of benzene rings is 2. The Balaban J connectivity index is 0.00000225. The molecule has 1 fully saturated rings. The molecule has 5 nitrogen and oxygen atoms in total.